The van der Waals surface area contributed by atoms with Crippen LogP contribution >= 0.6 is 0 Å². The number of carbonyl (C=O) groups excluding carboxylic acids is 3. The summed E-state index contributed by atoms with van der Waals surface area (Å²) >= 11 is 0. The molecule has 39 nitrogen and oxygen atoms in total. The molecule has 39 heteroatoms. The minimum atomic E-state index is -2.42. The lowest BCUT2D eigenvalue weighted by atomic mass is 9.93. The summed E-state index contributed by atoms with van der Waals surface area (Å²) in [5, 5.41) is 224. The molecule has 7 heterocycles. The third-order valence-electron chi connectivity index (χ3n) is 15.7. The molecule has 0 aromatic heterocycles. The Labute approximate surface area is 492 Å². The van der Waals surface area contributed by atoms with Gasteiger partial charge < -0.3 is 180 Å². The van der Waals surface area contributed by atoms with E-state index in [2.05, 4.69) is 16.0 Å². The maximum Gasteiger partial charge on any atom is 0.217 e. The highest BCUT2D eigenvalue weighted by Crippen LogP contribution is 2.38. The van der Waals surface area contributed by atoms with Crippen molar-refractivity contribution in [1.29, 1.82) is 0 Å². The van der Waals surface area contributed by atoms with Crippen LogP contribution in [-0.4, -0.2) is 381 Å². The minimum absolute atomic E-state index is 0.742. The molecule has 0 spiro atoms. The second kappa shape index (κ2) is 31.1. The van der Waals surface area contributed by atoms with Gasteiger partial charge in [-0.25, -0.2) is 0 Å². The monoisotopic (exact) mass is 1280 g/mol. The molecule has 7 aliphatic rings. The van der Waals surface area contributed by atoms with Crippen LogP contribution in [0.3, 0.4) is 0 Å². The van der Waals surface area contributed by atoms with Crippen molar-refractivity contribution in [3.05, 3.63) is 0 Å². The molecule has 0 saturated carbocycles. The van der Waals surface area contributed by atoms with E-state index >= 15 is 0 Å². The first kappa shape index (κ1) is 71.5. The van der Waals surface area contributed by atoms with E-state index in [0.29, 0.717) is 0 Å². The molecular formula is C48H81N3O36. The summed E-state index contributed by atoms with van der Waals surface area (Å²) in [5.41, 5.74) is 0. The van der Waals surface area contributed by atoms with Gasteiger partial charge in [0, 0.05) is 20.8 Å². The van der Waals surface area contributed by atoms with Gasteiger partial charge in [-0.2, -0.15) is 0 Å². The van der Waals surface area contributed by atoms with Gasteiger partial charge in [0.15, 0.2) is 44.0 Å². The van der Waals surface area contributed by atoms with E-state index in [-0.39, 0.29) is 0 Å². The summed E-state index contributed by atoms with van der Waals surface area (Å²) in [7, 11) is 0. The zero-order chi connectivity index (χ0) is 64.2. The Balaban J connectivity index is 1.20. The zero-order valence-corrected chi connectivity index (χ0v) is 46.6. The van der Waals surface area contributed by atoms with Gasteiger partial charge in [-0.05, 0) is 0 Å². The number of rotatable bonds is 22. The smallest absolute Gasteiger partial charge is 0.217 e. The Kier molecular flexibility index (Phi) is 25.6. The number of hydrogen-bond acceptors (Lipinski definition) is 36. The molecule has 0 aromatic carbocycles. The Morgan fingerprint density at radius 1 is 0.299 bits per heavy atom. The predicted molar refractivity (Wildman–Crippen MR) is 267 cm³/mol. The molecule has 7 rings (SSSR count). The Morgan fingerprint density at radius 3 is 1.07 bits per heavy atom. The standard InChI is InChI=1S/C48H81N3O36/c1-11(58)49-21-28(65)37(17(7-55)76-42(21)74)83-43-22(50-12(2)59)29(66)39(19(9-57)80-43)85-47-36(73)40(27(64)20(82-47)10-75-45-34(71)31(68)24(61)14(4-52)77-45)86-48-41(33(70)26(63)16(6-54)79-48)87-44-23(51-13(3)60)30(67)38(18(8-56)81-44)84-46-35(72)32(69)25(62)15(5-53)78-46/h14-48,52-57,61-74H,4-10H2,1-3H3,(H,49,58)(H,50,59)(H,51,60)/t14-,15-,16-,17-,18-,19-,20-,21-,22-,23-,24-,25+,26-,27-,28-,29-,30-,31+,32+,33+,34+,35-,36+,37-,38-,39-,40+,41+,42-,43+,44+,45+,46+,47+,48-/m1/s1. The van der Waals surface area contributed by atoms with E-state index in [1.807, 2.05) is 0 Å². The van der Waals surface area contributed by atoms with Crippen molar-refractivity contribution < 1.29 is 178 Å². The summed E-state index contributed by atoms with van der Waals surface area (Å²) < 4.78 is 75.5. The zero-order valence-electron chi connectivity index (χ0n) is 46.6. The van der Waals surface area contributed by atoms with Crippen LogP contribution in [0, 0.1) is 0 Å². The van der Waals surface area contributed by atoms with Gasteiger partial charge in [0.05, 0.1) is 46.2 Å². The molecular weight excluding hydrogens is 1190 g/mol. The van der Waals surface area contributed by atoms with Crippen molar-refractivity contribution in [2.75, 3.05) is 46.2 Å². The van der Waals surface area contributed by atoms with Crippen molar-refractivity contribution in [2.24, 2.45) is 0 Å². The highest BCUT2D eigenvalue weighted by molar-refractivity contribution is 5.74. The topological polar surface area (TPSA) is 612 Å². The maximum atomic E-state index is 12.7. The van der Waals surface area contributed by atoms with Gasteiger partial charge in [-0.15, -0.1) is 0 Å². The molecule has 35 atom stereocenters. The van der Waals surface area contributed by atoms with Crippen LogP contribution in [0.5, 0.6) is 0 Å². The van der Waals surface area contributed by atoms with Gasteiger partial charge in [0.2, 0.25) is 17.7 Å². The molecule has 87 heavy (non-hydrogen) atoms. The van der Waals surface area contributed by atoms with Gasteiger partial charge in [0.25, 0.3) is 0 Å². The SMILES string of the molecule is CC(=O)N[C@@H]1[C@@H](O)[C@H](O[C@@H]2O[C@H](CO)[C@@H](O[C@@H]3O[C@H](CO[C@H]4O[C@H](CO)[C@@H](O)[C@H](O)[C@@H]4O)[C@@H](O)[C@H](O[C@H]4O[C@H](CO)[C@@H](O)[C@H](O)[C@@H]4O[C@@H]4O[C@H](CO)[C@@H](O[C@@H]5O[C@H](CO)[C@H](O)[C@H](O)[C@H]5O)[C@H](O)[C@H]4NC(C)=O)[C@@H]3O)[C@H](O)[C@H]2NC(C)=O)[C@@H](CO)O[C@H]1O. The number of carbonyl (C=O) groups is 3. The number of hydrogen-bond donors (Lipinski definition) is 23. The summed E-state index contributed by atoms with van der Waals surface area (Å²) in [6.07, 6.45) is -63.3. The minimum Gasteiger partial charge on any atom is -0.394 e. The Bertz CT molecular complexity index is 2190. The van der Waals surface area contributed by atoms with Gasteiger partial charge >= 0.3 is 0 Å². The molecule has 0 unspecified atom stereocenters. The second-order valence-electron chi connectivity index (χ2n) is 21.8. The van der Waals surface area contributed by atoms with Crippen molar-refractivity contribution in [3.8, 4) is 0 Å². The molecule has 7 aliphatic heterocycles. The molecule has 3 amide bonds. The number of amides is 3. The van der Waals surface area contributed by atoms with E-state index in [9.17, 15) is 117 Å². The average molecular weight is 1280 g/mol. The predicted octanol–water partition coefficient (Wildman–Crippen LogP) is -15.8. The first-order valence-corrected chi connectivity index (χ1v) is 27.6. The summed E-state index contributed by atoms with van der Waals surface area (Å²) in [6.45, 7) is -4.02. The fourth-order valence-electron chi connectivity index (χ4n) is 11.1. The lowest BCUT2D eigenvalue weighted by Crippen LogP contribution is -2.71. The van der Waals surface area contributed by atoms with E-state index < -0.39 is 279 Å². The van der Waals surface area contributed by atoms with Crippen molar-refractivity contribution in [3.63, 3.8) is 0 Å². The van der Waals surface area contributed by atoms with E-state index in [0.717, 1.165) is 20.8 Å². The van der Waals surface area contributed by atoms with Crippen molar-refractivity contribution in [1.82, 2.24) is 16.0 Å². The lowest BCUT2D eigenvalue weighted by molar-refractivity contribution is -0.397. The molecule has 504 valence electrons. The first-order chi connectivity index (χ1) is 41.1. The van der Waals surface area contributed by atoms with Crippen LogP contribution < -0.4 is 16.0 Å². The van der Waals surface area contributed by atoms with Crippen LogP contribution in [0.25, 0.3) is 0 Å². The van der Waals surface area contributed by atoms with Crippen molar-refractivity contribution in [2.45, 2.75) is 236 Å². The van der Waals surface area contributed by atoms with E-state index in [1.165, 1.54) is 0 Å². The molecule has 0 aliphatic carbocycles. The molecule has 23 N–H and O–H groups in total. The Morgan fingerprint density at radius 2 is 0.621 bits per heavy atom. The molecule has 0 radical (unpaired) electrons. The summed E-state index contributed by atoms with van der Waals surface area (Å²) in [6, 6.07) is -5.25. The molecule has 0 aromatic rings. The fourth-order valence-corrected chi connectivity index (χ4v) is 11.1. The lowest BCUT2D eigenvalue weighted by Gasteiger charge is -2.51. The van der Waals surface area contributed by atoms with Crippen LogP contribution in [0.4, 0.5) is 0 Å². The third-order valence-corrected chi connectivity index (χ3v) is 15.7. The number of aliphatic hydroxyl groups is 20. The van der Waals surface area contributed by atoms with Crippen LogP contribution in [0.2, 0.25) is 0 Å². The van der Waals surface area contributed by atoms with Gasteiger partial charge in [0.1, 0.15) is 171 Å². The molecule has 0 bridgehead atoms. The van der Waals surface area contributed by atoms with Crippen LogP contribution in [-0.2, 0) is 76.0 Å². The normalized spacial score (nSPS) is 48.9. The van der Waals surface area contributed by atoms with Crippen molar-refractivity contribution >= 4 is 17.7 Å². The molecule has 7 saturated heterocycles. The highest BCUT2D eigenvalue weighted by atomic mass is 16.8. The largest absolute Gasteiger partial charge is 0.394 e. The average Bonchev–Trinajstić information content (AvgIpc) is 1.21. The van der Waals surface area contributed by atoms with E-state index in [1.54, 1.807) is 0 Å². The van der Waals surface area contributed by atoms with E-state index in [4.69, 9.17) is 61.6 Å². The molecule has 7 fully saturated rings. The number of aliphatic hydroxyl groups excluding tert-OH is 20. The third kappa shape index (κ3) is 15.8. The summed E-state index contributed by atoms with van der Waals surface area (Å²) in [4.78, 5) is 37.4. The first-order valence-electron chi connectivity index (χ1n) is 27.6. The van der Waals surface area contributed by atoms with Gasteiger partial charge in [-0.1, -0.05) is 0 Å². The highest BCUT2D eigenvalue weighted by Gasteiger charge is 2.59. The van der Waals surface area contributed by atoms with Crippen LogP contribution in [0.1, 0.15) is 20.8 Å². The quantitative estimate of drug-likeness (QED) is 0.0479. The van der Waals surface area contributed by atoms with Crippen LogP contribution in [0.15, 0.2) is 0 Å². The summed E-state index contributed by atoms with van der Waals surface area (Å²) in [5.74, 6) is -2.51. The second-order valence-corrected chi connectivity index (χ2v) is 21.8. The maximum absolute atomic E-state index is 12.7. The fraction of sp³-hybridized carbons (Fsp3) is 0.938. The Hall–Kier alpha value is -2.91. The van der Waals surface area contributed by atoms with Gasteiger partial charge in [-0.3, -0.25) is 14.4 Å². The number of nitrogens with one attached hydrogen (secondary N) is 3. The number of ether oxygens (including phenoxy) is 13.